The maximum Gasteiger partial charge on any atom is 0.257 e. The number of unbranched alkanes of at least 4 members (excludes halogenated alkanes) is 1. The first kappa shape index (κ1) is 30.6. The van der Waals surface area contributed by atoms with E-state index in [1.54, 1.807) is 11.6 Å². The Morgan fingerprint density at radius 1 is 0.977 bits per heavy atom. The molecule has 1 saturated heterocycles. The Morgan fingerprint density at radius 2 is 1.75 bits per heavy atom. The summed E-state index contributed by atoms with van der Waals surface area (Å²) in [6.45, 7) is 9.41. The van der Waals surface area contributed by atoms with E-state index >= 15 is 4.39 Å². The molecular formula is C40H49FN2O. The highest BCUT2D eigenvalue weighted by Gasteiger charge is 2.46. The predicted octanol–water partition coefficient (Wildman–Crippen LogP) is 9.93. The summed E-state index contributed by atoms with van der Waals surface area (Å²) >= 11 is 0. The summed E-state index contributed by atoms with van der Waals surface area (Å²) in [6, 6.07) is 21.0. The van der Waals surface area contributed by atoms with Gasteiger partial charge in [-0.25, -0.2) is 4.39 Å². The lowest BCUT2D eigenvalue weighted by molar-refractivity contribution is 0.0314. The van der Waals surface area contributed by atoms with Crippen molar-refractivity contribution in [1.82, 2.24) is 4.90 Å². The van der Waals surface area contributed by atoms with Gasteiger partial charge in [0.2, 0.25) is 0 Å². The molecule has 1 N–H and O–H groups in total. The molecule has 2 atom stereocenters. The summed E-state index contributed by atoms with van der Waals surface area (Å²) in [6.07, 6.45) is 14.8. The number of benzene rings is 3. The number of halogens is 1. The minimum Gasteiger partial charge on any atom is -0.382 e. The van der Waals surface area contributed by atoms with Gasteiger partial charge in [-0.15, -0.1) is 0 Å². The van der Waals surface area contributed by atoms with Gasteiger partial charge in [-0.2, -0.15) is 0 Å². The molecule has 232 valence electrons. The first-order chi connectivity index (χ1) is 21.3. The largest absolute Gasteiger partial charge is 0.382 e. The highest BCUT2D eigenvalue weighted by molar-refractivity contribution is 5.96. The molecule has 44 heavy (non-hydrogen) atoms. The van der Waals surface area contributed by atoms with Gasteiger partial charge in [-0.1, -0.05) is 74.4 Å². The summed E-state index contributed by atoms with van der Waals surface area (Å²) in [5.41, 5.74) is 8.53. The molecule has 4 heteroatoms. The van der Waals surface area contributed by atoms with Crippen molar-refractivity contribution in [2.75, 3.05) is 11.9 Å². The van der Waals surface area contributed by atoms with Crippen LogP contribution in [0.5, 0.6) is 0 Å². The number of hydrogen-bond donors (Lipinski definition) is 1. The fourth-order valence-electron chi connectivity index (χ4n) is 8.21. The summed E-state index contributed by atoms with van der Waals surface area (Å²) in [4.78, 5) is 16.1. The van der Waals surface area contributed by atoms with E-state index in [4.69, 9.17) is 0 Å². The second-order valence-electron chi connectivity index (χ2n) is 13.9. The second-order valence-corrected chi connectivity index (χ2v) is 13.9. The maximum absolute atomic E-state index is 15.1. The van der Waals surface area contributed by atoms with Crippen LogP contribution in [-0.2, 0) is 19.3 Å². The summed E-state index contributed by atoms with van der Waals surface area (Å²) in [5.74, 6) is -0.656. The number of piperidine rings is 1. The number of nitrogens with zero attached hydrogens (tertiary/aromatic N) is 1. The van der Waals surface area contributed by atoms with Crippen LogP contribution in [0, 0.1) is 18.2 Å². The van der Waals surface area contributed by atoms with Gasteiger partial charge in [-0.3, -0.25) is 4.79 Å². The van der Waals surface area contributed by atoms with Gasteiger partial charge in [-0.05, 0) is 124 Å². The number of nitrogens with one attached hydrogen (secondary N) is 1. The quantitative estimate of drug-likeness (QED) is 0.188. The van der Waals surface area contributed by atoms with Crippen LogP contribution < -0.4 is 5.32 Å². The zero-order valence-corrected chi connectivity index (χ0v) is 26.8. The molecule has 0 bridgehead atoms. The molecule has 1 saturated carbocycles. The third-order valence-electron chi connectivity index (χ3n) is 10.8. The summed E-state index contributed by atoms with van der Waals surface area (Å²) < 4.78 is 15.1. The molecule has 2 fully saturated rings. The van der Waals surface area contributed by atoms with Gasteiger partial charge in [0.05, 0.1) is 11.6 Å². The van der Waals surface area contributed by atoms with Crippen LogP contribution in [-0.4, -0.2) is 23.4 Å². The second kappa shape index (κ2) is 13.3. The van der Waals surface area contributed by atoms with Crippen molar-refractivity contribution in [3.8, 4) is 0 Å². The fraction of sp³-hybridized carbons (Fsp3) is 0.475. The van der Waals surface area contributed by atoms with Gasteiger partial charge in [0.25, 0.3) is 5.91 Å². The highest BCUT2D eigenvalue weighted by Crippen LogP contribution is 2.52. The molecule has 3 aliphatic rings. The van der Waals surface area contributed by atoms with E-state index in [1.807, 2.05) is 17.9 Å². The third-order valence-corrected chi connectivity index (χ3v) is 10.8. The number of anilines is 1. The van der Waals surface area contributed by atoms with E-state index in [1.165, 1.54) is 67.7 Å². The van der Waals surface area contributed by atoms with Crippen molar-refractivity contribution < 1.29 is 9.18 Å². The molecule has 1 heterocycles. The first-order valence-electron chi connectivity index (χ1n) is 17.0. The van der Waals surface area contributed by atoms with E-state index in [9.17, 15) is 4.79 Å². The van der Waals surface area contributed by atoms with E-state index < -0.39 is 5.82 Å². The fourth-order valence-corrected chi connectivity index (χ4v) is 8.21. The highest BCUT2D eigenvalue weighted by atomic mass is 19.1. The average molecular weight is 593 g/mol. The summed E-state index contributed by atoms with van der Waals surface area (Å²) in [7, 11) is 0. The molecule has 6 rings (SSSR count). The normalized spacial score (nSPS) is 21.8. The molecule has 0 aromatic heterocycles. The Hall–Kier alpha value is -3.40. The Kier molecular flexibility index (Phi) is 9.26. The van der Waals surface area contributed by atoms with Crippen LogP contribution in [0.3, 0.4) is 0 Å². The van der Waals surface area contributed by atoms with Crippen LogP contribution in [0.25, 0.3) is 0 Å². The van der Waals surface area contributed by atoms with Gasteiger partial charge >= 0.3 is 0 Å². The lowest BCUT2D eigenvalue weighted by atomic mass is 9.66. The zero-order chi connectivity index (χ0) is 30.7. The lowest BCUT2D eigenvalue weighted by Crippen LogP contribution is -2.48. The molecule has 3 aromatic carbocycles. The molecule has 0 radical (unpaired) electrons. The topological polar surface area (TPSA) is 32.3 Å². The number of carbonyl (C=O) groups excluding carboxylic acids is 1. The molecule has 2 unspecified atom stereocenters. The molecule has 1 amide bonds. The number of aryl methyl sites for hydroxylation is 4. The minimum absolute atomic E-state index is 0.196. The minimum atomic E-state index is -0.442. The summed E-state index contributed by atoms with van der Waals surface area (Å²) in [5, 5.41) is 3.70. The predicted molar refractivity (Wildman–Crippen MR) is 180 cm³/mol. The van der Waals surface area contributed by atoms with Crippen molar-refractivity contribution in [1.29, 1.82) is 0 Å². The van der Waals surface area contributed by atoms with Crippen molar-refractivity contribution in [2.24, 2.45) is 5.41 Å². The van der Waals surface area contributed by atoms with Crippen molar-refractivity contribution >= 4 is 11.6 Å². The van der Waals surface area contributed by atoms with Crippen LogP contribution in [0.4, 0.5) is 10.1 Å². The zero-order valence-electron chi connectivity index (χ0n) is 26.8. The monoisotopic (exact) mass is 592 g/mol. The third kappa shape index (κ3) is 6.36. The maximum atomic E-state index is 15.1. The Bertz CT molecular complexity index is 1470. The molecular weight excluding hydrogens is 543 g/mol. The number of hydrogen-bond acceptors (Lipinski definition) is 2. The number of rotatable bonds is 10. The SMILES string of the molecule is C=C(CCCCc1ccc2c(c1)CCC2)C1(C)CCCN(C(=O)c2c(C)cccc2F)C1c1ccc(NC2CCCC2)cc1. The smallest absolute Gasteiger partial charge is 0.257 e. The van der Waals surface area contributed by atoms with E-state index in [-0.39, 0.29) is 22.9 Å². The number of amides is 1. The molecule has 2 aliphatic carbocycles. The number of fused-ring (bicyclic) bond motifs is 1. The average Bonchev–Trinajstić information content (AvgIpc) is 3.71. The molecule has 3 aromatic rings. The van der Waals surface area contributed by atoms with E-state index in [2.05, 4.69) is 61.3 Å². The van der Waals surface area contributed by atoms with Crippen LogP contribution in [0.2, 0.25) is 0 Å². The van der Waals surface area contributed by atoms with E-state index in [0.29, 0.717) is 18.2 Å². The van der Waals surface area contributed by atoms with Gasteiger partial charge in [0.15, 0.2) is 0 Å². The van der Waals surface area contributed by atoms with Crippen molar-refractivity contribution in [2.45, 2.75) is 109 Å². The molecule has 3 nitrogen and oxygen atoms in total. The molecule has 0 spiro atoms. The van der Waals surface area contributed by atoms with Gasteiger partial charge in [0, 0.05) is 23.7 Å². The number of likely N-dealkylation sites (tertiary alicyclic amines) is 1. The van der Waals surface area contributed by atoms with Crippen molar-refractivity contribution in [3.63, 3.8) is 0 Å². The van der Waals surface area contributed by atoms with Crippen LogP contribution in [0.1, 0.15) is 115 Å². The van der Waals surface area contributed by atoms with Crippen LogP contribution in [0.15, 0.2) is 72.8 Å². The first-order valence-corrected chi connectivity index (χ1v) is 17.0. The molecule has 1 aliphatic heterocycles. The van der Waals surface area contributed by atoms with Gasteiger partial charge in [0.1, 0.15) is 5.82 Å². The Balaban J connectivity index is 1.22. The Morgan fingerprint density at radius 3 is 2.52 bits per heavy atom. The van der Waals surface area contributed by atoms with E-state index in [0.717, 1.165) is 49.8 Å². The Labute approximate surface area is 264 Å². The van der Waals surface area contributed by atoms with Crippen LogP contribution >= 0.6 is 0 Å². The van der Waals surface area contributed by atoms with Gasteiger partial charge < -0.3 is 10.2 Å². The standard InChI is InChI=1S/C40H49FN2O/c1-28-11-8-18-36(41)37(28)39(44)43-26-10-25-40(3,38(43)32-21-23-35(24-22-32)42-34-16-6-7-17-34)29(2)12-4-5-13-30-19-20-31-14-9-15-33(31)27-30/h8,11,18-24,27,34,38,42H,2,4-7,9-10,12-17,25-26H2,1,3H3. The number of carbonyl (C=O) groups is 1. The van der Waals surface area contributed by atoms with Crippen molar-refractivity contribution in [3.05, 3.63) is 112 Å². The lowest BCUT2D eigenvalue weighted by Gasteiger charge is -2.50.